The topological polar surface area (TPSA) is 74.2 Å². The third-order valence-electron chi connectivity index (χ3n) is 7.85. The van der Waals surface area contributed by atoms with Gasteiger partial charge in [-0.1, -0.05) is 6.07 Å². The summed E-state index contributed by atoms with van der Waals surface area (Å²) in [4.78, 5) is 17.8. The van der Waals surface area contributed by atoms with Crippen LogP contribution in [0.5, 0.6) is 0 Å². The van der Waals surface area contributed by atoms with Crippen LogP contribution in [0, 0.1) is 23.2 Å². The third-order valence-corrected chi connectivity index (χ3v) is 7.85. The van der Waals surface area contributed by atoms with Crippen molar-refractivity contribution in [3.05, 3.63) is 30.3 Å². The first-order valence-corrected chi connectivity index (χ1v) is 12.2. The molecule has 1 heterocycles. The van der Waals surface area contributed by atoms with Gasteiger partial charge in [-0.05, 0) is 105 Å². The van der Waals surface area contributed by atoms with Gasteiger partial charge in [-0.2, -0.15) is 0 Å². The average Bonchev–Trinajstić information content (AvgIpc) is 2.72. The van der Waals surface area contributed by atoms with Gasteiger partial charge in [-0.25, -0.2) is 4.98 Å². The number of fused-ring (bicyclic) bond motifs is 1. The van der Waals surface area contributed by atoms with Gasteiger partial charge in [0.15, 0.2) is 0 Å². The number of carbonyl (C=O) groups excluding carboxylic acids is 1. The molecular formula is C26H35N3O2. The van der Waals surface area contributed by atoms with Crippen LogP contribution >= 0.6 is 0 Å². The highest BCUT2D eigenvalue weighted by molar-refractivity contribution is 6.01. The predicted octanol–water partition coefficient (Wildman–Crippen LogP) is 5.35. The monoisotopic (exact) mass is 421 g/mol. The first-order valence-electron chi connectivity index (χ1n) is 12.2. The second-order valence-electron chi connectivity index (χ2n) is 10.4. The quantitative estimate of drug-likeness (QED) is 0.477. The molecule has 4 aliphatic rings. The molecule has 6 rings (SSSR count). The van der Waals surface area contributed by atoms with Crippen LogP contribution in [0.2, 0.25) is 0 Å². The van der Waals surface area contributed by atoms with Crippen molar-refractivity contribution in [1.29, 1.82) is 0 Å². The first kappa shape index (κ1) is 20.7. The Labute approximate surface area is 185 Å². The molecule has 4 bridgehead atoms. The molecule has 0 atom stereocenters. The average molecular weight is 422 g/mol. The molecule has 4 fully saturated rings. The number of nitrogens with one attached hydrogen (secondary N) is 2. The highest BCUT2D eigenvalue weighted by Crippen LogP contribution is 2.61. The van der Waals surface area contributed by atoms with E-state index < -0.39 is 0 Å². The van der Waals surface area contributed by atoms with Gasteiger partial charge in [0.1, 0.15) is 5.82 Å². The molecule has 31 heavy (non-hydrogen) atoms. The number of amides is 1. The van der Waals surface area contributed by atoms with Gasteiger partial charge in [0, 0.05) is 25.0 Å². The highest BCUT2D eigenvalue weighted by Gasteiger charge is 2.51. The number of hydrogen-bond acceptors (Lipinski definition) is 4. The minimum Gasteiger partial charge on any atom is -0.396 e. The van der Waals surface area contributed by atoms with Crippen LogP contribution in [-0.2, 0) is 4.79 Å². The van der Waals surface area contributed by atoms with Crippen molar-refractivity contribution in [3.8, 4) is 0 Å². The molecule has 0 spiro atoms. The number of aromatic nitrogens is 1. The van der Waals surface area contributed by atoms with E-state index in [-0.39, 0.29) is 17.9 Å². The molecule has 0 aliphatic heterocycles. The van der Waals surface area contributed by atoms with Crippen molar-refractivity contribution in [3.63, 3.8) is 0 Å². The Morgan fingerprint density at radius 3 is 2.45 bits per heavy atom. The zero-order valence-corrected chi connectivity index (χ0v) is 18.4. The first-order chi connectivity index (χ1) is 15.1. The van der Waals surface area contributed by atoms with Gasteiger partial charge in [-0.15, -0.1) is 0 Å². The Morgan fingerprint density at radius 2 is 1.74 bits per heavy atom. The second-order valence-corrected chi connectivity index (χ2v) is 10.4. The lowest BCUT2D eigenvalue weighted by molar-refractivity contribution is -0.124. The van der Waals surface area contributed by atoms with E-state index in [1.54, 1.807) is 0 Å². The molecule has 1 aromatic heterocycles. The van der Waals surface area contributed by atoms with Crippen LogP contribution in [0.15, 0.2) is 30.3 Å². The summed E-state index contributed by atoms with van der Waals surface area (Å²) in [6.45, 7) is 1.10. The van der Waals surface area contributed by atoms with Gasteiger partial charge in [0.05, 0.1) is 11.2 Å². The van der Waals surface area contributed by atoms with Gasteiger partial charge in [-0.3, -0.25) is 4.79 Å². The number of nitrogens with zero attached hydrogens (tertiary/aromatic N) is 1. The third kappa shape index (κ3) is 4.57. The normalized spacial score (nSPS) is 28.7. The standard InChI is InChI=1S/C26H35N3O2/c30-10-3-1-2-9-27-24-8-7-21-22(28-24)5-4-6-23(21)29-25(31)17-26-14-18-11-19(15-26)13-20(12-18)16-26/h4-8,18-20,30H,1-3,9-17H2,(H,27,28)(H,29,31). The summed E-state index contributed by atoms with van der Waals surface area (Å²) in [6, 6.07) is 10.0. The van der Waals surface area contributed by atoms with E-state index in [4.69, 9.17) is 10.1 Å². The van der Waals surface area contributed by atoms with Crippen molar-refractivity contribution in [2.24, 2.45) is 23.2 Å². The van der Waals surface area contributed by atoms with Crippen molar-refractivity contribution in [1.82, 2.24) is 4.98 Å². The Kier molecular flexibility index (Phi) is 5.87. The fourth-order valence-corrected chi connectivity index (χ4v) is 7.03. The number of benzene rings is 1. The fraction of sp³-hybridized carbons (Fsp3) is 0.615. The summed E-state index contributed by atoms with van der Waals surface area (Å²) in [5.41, 5.74) is 2.02. The van der Waals surface area contributed by atoms with Crippen molar-refractivity contribution >= 4 is 28.3 Å². The van der Waals surface area contributed by atoms with E-state index in [9.17, 15) is 4.79 Å². The van der Waals surface area contributed by atoms with Crippen LogP contribution in [0.25, 0.3) is 10.9 Å². The van der Waals surface area contributed by atoms with E-state index in [0.717, 1.165) is 66.0 Å². The molecule has 1 amide bonds. The Bertz CT molecular complexity index is 906. The van der Waals surface area contributed by atoms with Gasteiger partial charge >= 0.3 is 0 Å². The maximum atomic E-state index is 13.1. The smallest absolute Gasteiger partial charge is 0.224 e. The van der Waals surface area contributed by atoms with E-state index in [1.165, 1.54) is 38.5 Å². The zero-order valence-electron chi connectivity index (χ0n) is 18.4. The van der Waals surface area contributed by atoms with Gasteiger partial charge < -0.3 is 15.7 Å². The predicted molar refractivity (Wildman–Crippen MR) is 125 cm³/mol. The van der Waals surface area contributed by atoms with Crippen molar-refractivity contribution in [2.75, 3.05) is 23.8 Å². The molecule has 3 N–H and O–H groups in total. The minimum absolute atomic E-state index is 0.167. The maximum absolute atomic E-state index is 13.1. The summed E-state index contributed by atoms with van der Waals surface area (Å²) in [7, 11) is 0. The van der Waals surface area contributed by atoms with Crippen LogP contribution in [0.1, 0.15) is 64.2 Å². The van der Waals surface area contributed by atoms with Crippen LogP contribution < -0.4 is 10.6 Å². The molecule has 0 unspecified atom stereocenters. The number of aliphatic hydroxyl groups is 1. The Morgan fingerprint density at radius 1 is 1.00 bits per heavy atom. The summed E-state index contributed by atoms with van der Waals surface area (Å²) < 4.78 is 0. The van der Waals surface area contributed by atoms with Crippen molar-refractivity contribution in [2.45, 2.75) is 64.2 Å². The molecular weight excluding hydrogens is 386 g/mol. The number of unbranched alkanes of at least 4 members (excludes halogenated alkanes) is 2. The van der Waals surface area contributed by atoms with E-state index in [1.807, 2.05) is 24.3 Å². The second kappa shape index (κ2) is 8.78. The number of pyridine rings is 1. The lowest BCUT2D eigenvalue weighted by Gasteiger charge is -2.56. The molecule has 166 valence electrons. The molecule has 1 aromatic carbocycles. The number of hydrogen-bond donors (Lipinski definition) is 3. The minimum atomic E-state index is 0.167. The van der Waals surface area contributed by atoms with Gasteiger partial charge in [0.25, 0.3) is 0 Å². The highest BCUT2D eigenvalue weighted by atomic mass is 16.2. The van der Waals surface area contributed by atoms with Crippen LogP contribution in [-0.4, -0.2) is 29.1 Å². The molecule has 2 aromatic rings. The molecule has 0 radical (unpaired) electrons. The van der Waals surface area contributed by atoms with E-state index in [2.05, 4.69) is 16.7 Å². The summed E-state index contributed by atoms with van der Waals surface area (Å²) in [5, 5.41) is 16.5. The van der Waals surface area contributed by atoms with Crippen LogP contribution in [0.3, 0.4) is 0 Å². The van der Waals surface area contributed by atoms with Crippen molar-refractivity contribution < 1.29 is 9.90 Å². The van der Waals surface area contributed by atoms with E-state index in [0.29, 0.717) is 6.42 Å². The number of anilines is 2. The Hall–Kier alpha value is -2.14. The SMILES string of the molecule is O=C(CC12CC3CC(CC(C3)C1)C2)Nc1cccc2nc(NCCCCCO)ccc12. The summed E-state index contributed by atoms with van der Waals surface area (Å²) in [5.74, 6) is 3.63. The van der Waals surface area contributed by atoms with Crippen LogP contribution in [0.4, 0.5) is 11.5 Å². The molecule has 5 heteroatoms. The number of rotatable bonds is 9. The summed E-state index contributed by atoms with van der Waals surface area (Å²) in [6.07, 6.45) is 11.6. The van der Waals surface area contributed by atoms with Gasteiger partial charge in [0.2, 0.25) is 5.91 Å². The number of carbonyl (C=O) groups is 1. The Balaban J connectivity index is 1.23. The molecule has 0 saturated heterocycles. The summed E-state index contributed by atoms with van der Waals surface area (Å²) >= 11 is 0. The number of aliphatic hydroxyl groups excluding tert-OH is 1. The van der Waals surface area contributed by atoms with E-state index >= 15 is 0 Å². The lowest BCUT2D eigenvalue weighted by atomic mass is 9.49. The lowest BCUT2D eigenvalue weighted by Crippen LogP contribution is -2.47. The molecule has 4 saturated carbocycles. The largest absolute Gasteiger partial charge is 0.396 e. The fourth-order valence-electron chi connectivity index (χ4n) is 7.03. The maximum Gasteiger partial charge on any atom is 0.224 e. The zero-order chi connectivity index (χ0) is 21.3. The molecule has 5 nitrogen and oxygen atoms in total. The molecule has 4 aliphatic carbocycles.